The van der Waals surface area contributed by atoms with Crippen LogP contribution in [0, 0.1) is 11.3 Å². The van der Waals surface area contributed by atoms with Gasteiger partial charge in [-0.3, -0.25) is 0 Å². The van der Waals surface area contributed by atoms with Crippen LogP contribution in [0.3, 0.4) is 0 Å². The van der Waals surface area contributed by atoms with Crippen molar-refractivity contribution < 1.29 is 4.74 Å². The van der Waals surface area contributed by atoms with Crippen LogP contribution < -0.4 is 4.74 Å². The summed E-state index contributed by atoms with van der Waals surface area (Å²) in [4.78, 5) is 4.28. The smallest absolute Gasteiger partial charge is 0.213 e. The number of hydrogen-bond donors (Lipinski definition) is 0. The maximum Gasteiger partial charge on any atom is 0.213 e. The third-order valence-electron chi connectivity index (χ3n) is 2.64. The van der Waals surface area contributed by atoms with Gasteiger partial charge in [-0.25, -0.2) is 4.98 Å². The molecule has 1 heterocycles. The Bertz CT molecular complexity index is 630. The molecule has 0 atom stereocenters. The molecule has 0 saturated carbocycles. The Hall–Kier alpha value is -1.76. The van der Waals surface area contributed by atoms with Crippen LogP contribution in [0.15, 0.2) is 30.3 Å². The van der Waals surface area contributed by atoms with Gasteiger partial charge in [-0.2, -0.15) is 5.26 Å². The largest absolute Gasteiger partial charge is 0.481 e. The van der Waals surface area contributed by atoms with E-state index < -0.39 is 0 Å². The summed E-state index contributed by atoms with van der Waals surface area (Å²) >= 11 is 12.4. The summed E-state index contributed by atoms with van der Waals surface area (Å²) in [7, 11) is 1.53. The minimum absolute atomic E-state index is 0.161. The molecule has 0 aliphatic carbocycles. The molecule has 0 spiro atoms. The van der Waals surface area contributed by atoms with E-state index in [0.29, 0.717) is 27.2 Å². The lowest BCUT2D eigenvalue weighted by Crippen LogP contribution is -1.97. The second kappa shape index (κ2) is 5.92. The number of halogens is 2. The van der Waals surface area contributed by atoms with Crippen LogP contribution >= 0.6 is 23.2 Å². The summed E-state index contributed by atoms with van der Waals surface area (Å²) in [6.07, 6.45) is 0.161. The van der Waals surface area contributed by atoms with Crippen molar-refractivity contribution in [2.75, 3.05) is 7.11 Å². The number of ether oxygens (including phenoxy) is 1. The van der Waals surface area contributed by atoms with Gasteiger partial charge in [-0.1, -0.05) is 29.3 Å². The van der Waals surface area contributed by atoms with Gasteiger partial charge in [0.2, 0.25) is 5.88 Å². The minimum Gasteiger partial charge on any atom is -0.481 e. The Morgan fingerprint density at radius 1 is 1.21 bits per heavy atom. The Balaban J connectivity index is 2.65. The Kier molecular flexibility index (Phi) is 4.26. The lowest BCUT2D eigenvalue weighted by atomic mass is 10.0. The zero-order chi connectivity index (χ0) is 13.8. The van der Waals surface area contributed by atoms with Crippen LogP contribution in [0.5, 0.6) is 5.88 Å². The first-order valence-electron chi connectivity index (χ1n) is 5.52. The van der Waals surface area contributed by atoms with Gasteiger partial charge in [0, 0.05) is 27.2 Å². The predicted octanol–water partition coefficient (Wildman–Crippen LogP) is 4.13. The molecule has 5 heteroatoms. The van der Waals surface area contributed by atoms with Crippen LogP contribution in [0.2, 0.25) is 10.0 Å². The molecule has 3 nitrogen and oxygen atoms in total. The van der Waals surface area contributed by atoms with E-state index in [4.69, 9.17) is 33.2 Å². The molecule has 2 aromatic rings. The van der Waals surface area contributed by atoms with Gasteiger partial charge in [0.05, 0.1) is 25.3 Å². The normalized spacial score (nSPS) is 10.0. The van der Waals surface area contributed by atoms with E-state index in [1.165, 1.54) is 7.11 Å². The van der Waals surface area contributed by atoms with Crippen molar-refractivity contribution in [1.82, 2.24) is 4.98 Å². The number of rotatable bonds is 3. The third kappa shape index (κ3) is 2.81. The average Bonchev–Trinajstić information content (AvgIpc) is 2.40. The van der Waals surface area contributed by atoms with E-state index in [0.717, 1.165) is 5.56 Å². The van der Waals surface area contributed by atoms with Gasteiger partial charge in [0.1, 0.15) is 0 Å². The van der Waals surface area contributed by atoms with E-state index in [-0.39, 0.29) is 6.42 Å². The molecule has 0 fully saturated rings. The fraction of sp³-hybridized carbons (Fsp3) is 0.143. The summed E-state index contributed by atoms with van der Waals surface area (Å²) < 4.78 is 5.07. The van der Waals surface area contributed by atoms with Gasteiger partial charge in [0.15, 0.2) is 0 Å². The summed E-state index contributed by atoms with van der Waals surface area (Å²) in [5.41, 5.74) is 2.03. The quantitative estimate of drug-likeness (QED) is 0.854. The molecule has 96 valence electrons. The number of nitrogens with zero attached hydrogens (tertiary/aromatic N) is 2. The molecule has 19 heavy (non-hydrogen) atoms. The number of hydrogen-bond acceptors (Lipinski definition) is 3. The molecule has 0 saturated heterocycles. The molecule has 0 radical (unpaired) electrons. The molecule has 0 aliphatic rings. The average molecular weight is 293 g/mol. The predicted molar refractivity (Wildman–Crippen MR) is 75.6 cm³/mol. The summed E-state index contributed by atoms with van der Waals surface area (Å²) in [5.74, 6) is 0.456. The second-order valence-electron chi connectivity index (χ2n) is 3.78. The summed E-state index contributed by atoms with van der Waals surface area (Å²) in [5, 5.41) is 9.95. The van der Waals surface area contributed by atoms with Crippen LogP contribution in [-0.2, 0) is 6.42 Å². The van der Waals surface area contributed by atoms with Crippen LogP contribution in [0.1, 0.15) is 5.69 Å². The van der Waals surface area contributed by atoms with E-state index in [1.807, 2.05) is 6.07 Å². The number of benzene rings is 1. The van der Waals surface area contributed by atoms with Gasteiger partial charge in [-0.05, 0) is 18.2 Å². The molecule has 0 unspecified atom stereocenters. The van der Waals surface area contributed by atoms with E-state index >= 15 is 0 Å². The highest BCUT2D eigenvalue weighted by Crippen LogP contribution is 2.36. The Morgan fingerprint density at radius 3 is 2.47 bits per heavy atom. The zero-order valence-electron chi connectivity index (χ0n) is 10.2. The van der Waals surface area contributed by atoms with Crippen molar-refractivity contribution in [2.45, 2.75) is 6.42 Å². The van der Waals surface area contributed by atoms with E-state index in [2.05, 4.69) is 11.1 Å². The maximum absolute atomic E-state index is 8.90. The lowest BCUT2D eigenvalue weighted by molar-refractivity contribution is 0.397. The fourth-order valence-corrected chi connectivity index (χ4v) is 2.39. The number of nitriles is 1. The van der Waals surface area contributed by atoms with Gasteiger partial charge in [-0.15, -0.1) is 0 Å². The first kappa shape index (κ1) is 13.7. The summed E-state index contributed by atoms with van der Waals surface area (Å²) in [6.45, 7) is 0. The lowest BCUT2D eigenvalue weighted by Gasteiger charge is -2.11. The first-order chi connectivity index (χ1) is 9.17. The van der Waals surface area contributed by atoms with Crippen molar-refractivity contribution in [3.63, 3.8) is 0 Å². The SMILES string of the molecule is COc1ccc(-c2c(Cl)cccc2Cl)c(CC#N)n1. The summed E-state index contributed by atoms with van der Waals surface area (Å²) in [6, 6.07) is 10.9. The van der Waals surface area contributed by atoms with Crippen LogP contribution in [-0.4, -0.2) is 12.1 Å². The number of methoxy groups -OCH3 is 1. The van der Waals surface area contributed by atoms with Crippen LogP contribution in [0.25, 0.3) is 11.1 Å². The first-order valence-corrected chi connectivity index (χ1v) is 6.28. The molecule has 1 aromatic heterocycles. The topological polar surface area (TPSA) is 45.9 Å². The van der Waals surface area contributed by atoms with Crippen LogP contribution in [0.4, 0.5) is 0 Å². The highest BCUT2D eigenvalue weighted by Gasteiger charge is 2.14. The zero-order valence-corrected chi connectivity index (χ0v) is 11.7. The molecule has 0 bridgehead atoms. The third-order valence-corrected chi connectivity index (χ3v) is 3.27. The molecule has 2 rings (SSSR count). The minimum atomic E-state index is 0.161. The fourth-order valence-electron chi connectivity index (χ4n) is 1.79. The second-order valence-corrected chi connectivity index (χ2v) is 4.59. The maximum atomic E-state index is 8.90. The Labute approximate surface area is 121 Å². The van der Waals surface area contributed by atoms with Gasteiger partial charge < -0.3 is 4.74 Å². The van der Waals surface area contributed by atoms with Crippen molar-refractivity contribution in [3.05, 3.63) is 46.1 Å². The molecule has 0 aliphatic heterocycles. The molecule has 0 amide bonds. The van der Waals surface area contributed by atoms with Crippen molar-refractivity contribution in [1.29, 1.82) is 5.26 Å². The molecule has 1 aromatic carbocycles. The van der Waals surface area contributed by atoms with E-state index in [9.17, 15) is 0 Å². The molecular weight excluding hydrogens is 283 g/mol. The highest BCUT2D eigenvalue weighted by molar-refractivity contribution is 6.39. The van der Waals surface area contributed by atoms with Gasteiger partial charge >= 0.3 is 0 Å². The van der Waals surface area contributed by atoms with Crippen molar-refractivity contribution >= 4 is 23.2 Å². The number of pyridine rings is 1. The molecule has 0 N–H and O–H groups in total. The monoisotopic (exact) mass is 292 g/mol. The standard InChI is InChI=1S/C14H10Cl2N2O/c1-19-13-6-5-9(12(18-13)7-8-17)14-10(15)3-2-4-11(14)16/h2-6H,7H2,1H3. The van der Waals surface area contributed by atoms with Gasteiger partial charge in [0.25, 0.3) is 0 Å². The number of aromatic nitrogens is 1. The van der Waals surface area contributed by atoms with Crippen molar-refractivity contribution in [2.24, 2.45) is 0 Å². The highest BCUT2D eigenvalue weighted by atomic mass is 35.5. The van der Waals surface area contributed by atoms with E-state index in [1.54, 1.807) is 24.3 Å². The Morgan fingerprint density at radius 2 is 1.89 bits per heavy atom. The molecular formula is C14H10Cl2N2O. The van der Waals surface area contributed by atoms with Crippen molar-refractivity contribution in [3.8, 4) is 23.1 Å².